The zero-order chi connectivity index (χ0) is 17.1. The first-order valence-corrected chi connectivity index (χ1v) is 9.10. The minimum atomic E-state index is -0.0204. The summed E-state index contributed by atoms with van der Waals surface area (Å²) in [5, 5.41) is 9.58. The van der Waals surface area contributed by atoms with E-state index >= 15 is 0 Å². The second kappa shape index (κ2) is 8.60. The fourth-order valence-corrected chi connectivity index (χ4v) is 3.52. The van der Waals surface area contributed by atoms with Gasteiger partial charge in [0.05, 0.1) is 10.2 Å². The Labute approximate surface area is 157 Å². The first kappa shape index (κ1) is 19.6. The maximum absolute atomic E-state index is 12.3. The van der Waals surface area contributed by atoms with Crippen LogP contribution in [0.5, 0.6) is 0 Å². The molecule has 0 radical (unpaired) electrons. The lowest BCUT2D eigenvalue weighted by atomic mass is 9.88. The van der Waals surface area contributed by atoms with Crippen molar-refractivity contribution in [2.75, 3.05) is 23.7 Å². The van der Waals surface area contributed by atoms with E-state index in [0.29, 0.717) is 17.5 Å². The monoisotopic (exact) mass is 382 g/mol. The van der Waals surface area contributed by atoms with Crippen molar-refractivity contribution in [3.05, 3.63) is 18.2 Å². The van der Waals surface area contributed by atoms with Crippen LogP contribution in [0.15, 0.2) is 18.2 Å². The van der Waals surface area contributed by atoms with Gasteiger partial charge >= 0.3 is 0 Å². The van der Waals surface area contributed by atoms with Crippen LogP contribution in [0.25, 0.3) is 10.2 Å². The standard InChI is InChI=1S/C17H22N4O2S.ClH/c1-3-4-15(22)21-17-20-13-6-5-12(7-14(13)24-17)19-16(23)10(2)11-8-18-9-11;/h5-7,10-11,18H,3-4,8-9H2,1-2H3,(H,19,23)(H,20,21,22);1H. The molecule has 0 bridgehead atoms. The molecule has 1 aliphatic rings. The number of rotatable bonds is 6. The van der Waals surface area contributed by atoms with Gasteiger partial charge in [-0.2, -0.15) is 0 Å². The maximum Gasteiger partial charge on any atom is 0.227 e. The molecule has 2 aromatic rings. The van der Waals surface area contributed by atoms with E-state index in [4.69, 9.17) is 0 Å². The van der Waals surface area contributed by atoms with Crippen molar-refractivity contribution >= 4 is 56.6 Å². The van der Waals surface area contributed by atoms with E-state index in [2.05, 4.69) is 20.9 Å². The number of amides is 2. The second-order valence-corrected chi connectivity index (χ2v) is 7.23. The number of aromatic nitrogens is 1. The van der Waals surface area contributed by atoms with E-state index < -0.39 is 0 Å². The summed E-state index contributed by atoms with van der Waals surface area (Å²) in [5.74, 6) is 0.430. The largest absolute Gasteiger partial charge is 0.326 e. The summed E-state index contributed by atoms with van der Waals surface area (Å²) in [6.45, 7) is 5.74. The zero-order valence-electron chi connectivity index (χ0n) is 14.3. The molecule has 0 saturated carbocycles. The van der Waals surface area contributed by atoms with E-state index in [1.165, 1.54) is 11.3 Å². The normalized spacial score (nSPS) is 15.1. The lowest BCUT2D eigenvalue weighted by Gasteiger charge is -2.31. The number of halogens is 1. The van der Waals surface area contributed by atoms with Gasteiger partial charge in [0.25, 0.3) is 0 Å². The average Bonchev–Trinajstić information content (AvgIpc) is 2.86. The topological polar surface area (TPSA) is 83.1 Å². The number of thiazole rings is 1. The van der Waals surface area contributed by atoms with Gasteiger partial charge in [-0.25, -0.2) is 4.98 Å². The Morgan fingerprint density at radius 3 is 2.76 bits per heavy atom. The van der Waals surface area contributed by atoms with Crippen LogP contribution in [0, 0.1) is 11.8 Å². The Morgan fingerprint density at radius 1 is 1.36 bits per heavy atom. The molecule has 1 atom stereocenters. The summed E-state index contributed by atoms with van der Waals surface area (Å²) >= 11 is 1.42. The van der Waals surface area contributed by atoms with Crippen LogP contribution in [0.4, 0.5) is 10.8 Å². The molecule has 1 aromatic carbocycles. The van der Waals surface area contributed by atoms with Gasteiger partial charge < -0.3 is 16.0 Å². The maximum atomic E-state index is 12.3. The SMILES string of the molecule is CCCC(=O)Nc1nc2ccc(NC(=O)C(C)C3CNC3)cc2s1.Cl. The summed E-state index contributed by atoms with van der Waals surface area (Å²) in [7, 11) is 0. The molecule has 136 valence electrons. The Balaban J connectivity index is 0.00000225. The highest BCUT2D eigenvalue weighted by Crippen LogP contribution is 2.29. The summed E-state index contributed by atoms with van der Waals surface area (Å²) in [4.78, 5) is 28.4. The van der Waals surface area contributed by atoms with E-state index in [0.717, 1.165) is 35.4 Å². The molecular weight excluding hydrogens is 360 g/mol. The van der Waals surface area contributed by atoms with Gasteiger partial charge in [0.15, 0.2) is 5.13 Å². The minimum Gasteiger partial charge on any atom is -0.326 e. The number of nitrogens with zero attached hydrogens (tertiary/aromatic N) is 1. The molecule has 1 fully saturated rings. The highest BCUT2D eigenvalue weighted by Gasteiger charge is 2.28. The van der Waals surface area contributed by atoms with Crippen LogP contribution in [-0.4, -0.2) is 29.9 Å². The zero-order valence-corrected chi connectivity index (χ0v) is 15.9. The van der Waals surface area contributed by atoms with Gasteiger partial charge in [0.1, 0.15) is 0 Å². The first-order valence-electron chi connectivity index (χ1n) is 8.29. The van der Waals surface area contributed by atoms with Crippen LogP contribution in [0.2, 0.25) is 0 Å². The number of anilines is 2. The van der Waals surface area contributed by atoms with Crippen molar-refractivity contribution in [1.82, 2.24) is 10.3 Å². The molecule has 25 heavy (non-hydrogen) atoms. The smallest absolute Gasteiger partial charge is 0.227 e. The predicted octanol–water partition coefficient (Wildman–Crippen LogP) is 3.25. The van der Waals surface area contributed by atoms with Crippen LogP contribution in [-0.2, 0) is 9.59 Å². The molecule has 1 saturated heterocycles. The van der Waals surface area contributed by atoms with Crippen molar-refractivity contribution in [1.29, 1.82) is 0 Å². The van der Waals surface area contributed by atoms with Crippen molar-refractivity contribution in [2.45, 2.75) is 26.7 Å². The number of fused-ring (bicyclic) bond motifs is 1. The molecule has 1 aliphatic heterocycles. The molecular formula is C17H23ClN4O2S. The Hall–Kier alpha value is -1.70. The number of hydrogen-bond donors (Lipinski definition) is 3. The van der Waals surface area contributed by atoms with Crippen LogP contribution in [0.1, 0.15) is 26.7 Å². The first-order chi connectivity index (χ1) is 11.6. The van der Waals surface area contributed by atoms with Crippen LogP contribution < -0.4 is 16.0 Å². The molecule has 0 aliphatic carbocycles. The molecule has 0 spiro atoms. The second-order valence-electron chi connectivity index (χ2n) is 6.20. The van der Waals surface area contributed by atoms with Crippen molar-refractivity contribution in [3.8, 4) is 0 Å². The lowest BCUT2D eigenvalue weighted by Crippen LogP contribution is -2.48. The van der Waals surface area contributed by atoms with E-state index in [9.17, 15) is 9.59 Å². The van der Waals surface area contributed by atoms with Crippen LogP contribution in [0.3, 0.4) is 0 Å². The fraction of sp³-hybridized carbons (Fsp3) is 0.471. The number of hydrogen-bond acceptors (Lipinski definition) is 5. The lowest BCUT2D eigenvalue weighted by molar-refractivity contribution is -0.121. The minimum absolute atomic E-state index is 0. The molecule has 6 nitrogen and oxygen atoms in total. The third-order valence-electron chi connectivity index (χ3n) is 4.31. The van der Waals surface area contributed by atoms with Crippen molar-refractivity contribution in [2.24, 2.45) is 11.8 Å². The Kier molecular flexibility index (Phi) is 6.75. The summed E-state index contributed by atoms with van der Waals surface area (Å²) < 4.78 is 0.942. The molecule has 8 heteroatoms. The predicted molar refractivity (Wildman–Crippen MR) is 105 cm³/mol. The van der Waals surface area contributed by atoms with Crippen molar-refractivity contribution < 1.29 is 9.59 Å². The number of benzene rings is 1. The summed E-state index contributed by atoms with van der Waals surface area (Å²) in [6.07, 6.45) is 1.30. The molecule has 1 aromatic heterocycles. The number of nitrogens with one attached hydrogen (secondary N) is 3. The van der Waals surface area contributed by atoms with Gasteiger partial charge in [0.2, 0.25) is 11.8 Å². The number of carbonyl (C=O) groups excluding carboxylic acids is 2. The highest BCUT2D eigenvalue weighted by molar-refractivity contribution is 7.22. The van der Waals surface area contributed by atoms with Gasteiger partial charge in [0, 0.05) is 18.0 Å². The Morgan fingerprint density at radius 2 is 2.12 bits per heavy atom. The van der Waals surface area contributed by atoms with Crippen LogP contribution >= 0.6 is 23.7 Å². The van der Waals surface area contributed by atoms with E-state index in [1.54, 1.807) is 0 Å². The van der Waals surface area contributed by atoms with E-state index in [-0.39, 0.29) is 30.1 Å². The average molecular weight is 383 g/mol. The number of carbonyl (C=O) groups is 2. The fourth-order valence-electron chi connectivity index (χ4n) is 2.60. The van der Waals surface area contributed by atoms with Gasteiger partial charge in [-0.15, -0.1) is 12.4 Å². The van der Waals surface area contributed by atoms with E-state index in [1.807, 2.05) is 32.0 Å². The Bertz CT molecular complexity index is 760. The summed E-state index contributed by atoms with van der Waals surface area (Å²) in [5.41, 5.74) is 1.59. The molecule has 3 rings (SSSR count). The quantitative estimate of drug-likeness (QED) is 0.716. The third kappa shape index (κ3) is 4.68. The third-order valence-corrected chi connectivity index (χ3v) is 5.25. The molecule has 2 heterocycles. The molecule has 1 unspecified atom stereocenters. The van der Waals surface area contributed by atoms with Gasteiger partial charge in [-0.1, -0.05) is 25.2 Å². The molecule has 3 N–H and O–H groups in total. The van der Waals surface area contributed by atoms with Gasteiger partial charge in [-0.05, 0) is 43.6 Å². The van der Waals surface area contributed by atoms with Gasteiger partial charge in [-0.3, -0.25) is 9.59 Å². The summed E-state index contributed by atoms with van der Waals surface area (Å²) in [6, 6.07) is 5.63. The highest BCUT2D eigenvalue weighted by atomic mass is 35.5. The molecule has 2 amide bonds. The van der Waals surface area contributed by atoms with Crippen molar-refractivity contribution in [3.63, 3.8) is 0 Å².